The molecule has 2 rings (SSSR count). The first-order chi connectivity index (χ1) is 6.31. The zero-order valence-electron chi connectivity index (χ0n) is 8.34. The molecule has 1 atom stereocenters. The van der Waals surface area contributed by atoms with Gasteiger partial charge in [-0.1, -0.05) is 19.1 Å². The molecule has 1 aromatic carbocycles. The van der Waals surface area contributed by atoms with E-state index in [9.17, 15) is 0 Å². The average Bonchev–Trinajstić information content (AvgIpc) is 2.16. The molecule has 1 heteroatoms. The molecule has 0 N–H and O–H groups in total. The largest absolute Gasteiger partial charge is 0.496 e. The predicted molar refractivity (Wildman–Crippen MR) is 54.2 cm³/mol. The van der Waals surface area contributed by atoms with Crippen LogP contribution in [-0.2, 0) is 12.8 Å². The normalized spacial score (nSPS) is 20.9. The molecule has 1 nitrogen and oxygen atoms in total. The zero-order valence-corrected chi connectivity index (χ0v) is 8.34. The second-order valence-corrected chi connectivity index (χ2v) is 3.95. The van der Waals surface area contributed by atoms with Crippen LogP contribution in [0.4, 0.5) is 0 Å². The monoisotopic (exact) mass is 176 g/mol. The number of hydrogen-bond donors (Lipinski definition) is 0. The van der Waals surface area contributed by atoms with E-state index in [1.165, 1.54) is 30.4 Å². The second-order valence-electron chi connectivity index (χ2n) is 3.95. The highest BCUT2D eigenvalue weighted by molar-refractivity contribution is 5.41. The van der Waals surface area contributed by atoms with Gasteiger partial charge in [-0.3, -0.25) is 0 Å². The molecular formula is C12H16O. The lowest BCUT2D eigenvalue weighted by atomic mass is 9.84. The van der Waals surface area contributed by atoms with Crippen molar-refractivity contribution in [2.24, 2.45) is 5.92 Å². The molecule has 0 fully saturated rings. The fraction of sp³-hybridized carbons (Fsp3) is 0.500. The van der Waals surface area contributed by atoms with Crippen molar-refractivity contribution in [2.75, 3.05) is 7.11 Å². The number of benzene rings is 1. The molecule has 1 aliphatic rings. The fourth-order valence-electron chi connectivity index (χ4n) is 2.15. The van der Waals surface area contributed by atoms with Crippen molar-refractivity contribution in [3.05, 3.63) is 29.3 Å². The van der Waals surface area contributed by atoms with Crippen molar-refractivity contribution in [1.29, 1.82) is 0 Å². The Kier molecular flexibility index (Phi) is 2.26. The quantitative estimate of drug-likeness (QED) is 0.639. The molecule has 13 heavy (non-hydrogen) atoms. The van der Waals surface area contributed by atoms with Crippen molar-refractivity contribution < 1.29 is 4.74 Å². The first-order valence-electron chi connectivity index (χ1n) is 4.96. The number of hydrogen-bond acceptors (Lipinski definition) is 1. The Labute approximate surface area is 79.7 Å². The molecule has 0 saturated carbocycles. The maximum absolute atomic E-state index is 5.35. The Bertz CT molecular complexity index is 304. The Morgan fingerprint density at radius 2 is 2.23 bits per heavy atom. The zero-order chi connectivity index (χ0) is 9.26. The Morgan fingerprint density at radius 3 is 3.00 bits per heavy atom. The number of methoxy groups -OCH3 is 1. The van der Waals surface area contributed by atoms with Gasteiger partial charge in [-0.15, -0.1) is 0 Å². The van der Waals surface area contributed by atoms with Crippen LogP contribution in [0.2, 0.25) is 0 Å². The van der Waals surface area contributed by atoms with Crippen LogP contribution in [0.15, 0.2) is 18.2 Å². The molecule has 0 aliphatic heterocycles. The van der Waals surface area contributed by atoms with Gasteiger partial charge in [0.15, 0.2) is 0 Å². The van der Waals surface area contributed by atoms with E-state index in [1.54, 1.807) is 7.11 Å². The molecule has 0 unspecified atom stereocenters. The summed E-state index contributed by atoms with van der Waals surface area (Å²) >= 11 is 0. The molecule has 70 valence electrons. The minimum absolute atomic E-state index is 0.833. The van der Waals surface area contributed by atoms with Gasteiger partial charge in [0.2, 0.25) is 0 Å². The lowest BCUT2D eigenvalue weighted by molar-refractivity contribution is 0.399. The van der Waals surface area contributed by atoms with E-state index in [-0.39, 0.29) is 0 Å². The summed E-state index contributed by atoms with van der Waals surface area (Å²) in [4.78, 5) is 0. The highest BCUT2D eigenvalue weighted by Gasteiger charge is 2.17. The summed E-state index contributed by atoms with van der Waals surface area (Å²) in [7, 11) is 1.76. The molecule has 0 radical (unpaired) electrons. The van der Waals surface area contributed by atoms with Crippen LogP contribution >= 0.6 is 0 Å². The lowest BCUT2D eigenvalue weighted by Crippen LogP contribution is -2.12. The van der Waals surface area contributed by atoms with Gasteiger partial charge in [-0.05, 0) is 42.4 Å². The van der Waals surface area contributed by atoms with Crippen molar-refractivity contribution in [3.8, 4) is 5.75 Å². The highest BCUT2D eigenvalue weighted by atomic mass is 16.5. The van der Waals surface area contributed by atoms with Crippen molar-refractivity contribution >= 4 is 0 Å². The van der Waals surface area contributed by atoms with Gasteiger partial charge in [0, 0.05) is 0 Å². The number of ether oxygens (including phenoxy) is 1. The first kappa shape index (κ1) is 8.61. The Hall–Kier alpha value is -0.980. The van der Waals surface area contributed by atoms with Gasteiger partial charge < -0.3 is 4.74 Å². The summed E-state index contributed by atoms with van der Waals surface area (Å²) < 4.78 is 5.35. The van der Waals surface area contributed by atoms with Crippen LogP contribution in [-0.4, -0.2) is 7.11 Å². The topological polar surface area (TPSA) is 9.23 Å². The SMILES string of the molecule is COc1cccc2c1CC[C@H](C)C2. The summed E-state index contributed by atoms with van der Waals surface area (Å²) in [5.74, 6) is 1.91. The average molecular weight is 176 g/mol. The lowest BCUT2D eigenvalue weighted by Gasteiger charge is -2.22. The molecule has 0 heterocycles. The molecular weight excluding hydrogens is 160 g/mol. The van der Waals surface area contributed by atoms with Gasteiger partial charge in [-0.25, -0.2) is 0 Å². The van der Waals surface area contributed by atoms with Crippen LogP contribution in [0.3, 0.4) is 0 Å². The Balaban J connectivity index is 2.39. The third-order valence-electron chi connectivity index (χ3n) is 2.91. The minimum atomic E-state index is 0.833. The molecule has 0 amide bonds. The van der Waals surface area contributed by atoms with Crippen molar-refractivity contribution in [3.63, 3.8) is 0 Å². The highest BCUT2D eigenvalue weighted by Crippen LogP contribution is 2.31. The van der Waals surface area contributed by atoms with Gasteiger partial charge >= 0.3 is 0 Å². The summed E-state index contributed by atoms with van der Waals surface area (Å²) in [6.07, 6.45) is 3.69. The van der Waals surface area contributed by atoms with E-state index in [4.69, 9.17) is 4.74 Å². The first-order valence-corrected chi connectivity index (χ1v) is 4.96. The standard InChI is InChI=1S/C12H16O/c1-9-6-7-11-10(8-9)4-3-5-12(11)13-2/h3-5,9H,6-8H2,1-2H3/t9-/m0/s1. The van der Waals surface area contributed by atoms with Gasteiger partial charge in [-0.2, -0.15) is 0 Å². The molecule has 0 saturated heterocycles. The summed E-state index contributed by atoms with van der Waals surface area (Å²) in [6.45, 7) is 2.32. The number of fused-ring (bicyclic) bond motifs is 1. The molecule has 0 spiro atoms. The number of rotatable bonds is 1. The van der Waals surface area contributed by atoms with E-state index >= 15 is 0 Å². The van der Waals surface area contributed by atoms with Crippen LogP contribution < -0.4 is 4.74 Å². The fourth-order valence-corrected chi connectivity index (χ4v) is 2.15. The van der Waals surface area contributed by atoms with E-state index in [0.717, 1.165) is 11.7 Å². The smallest absolute Gasteiger partial charge is 0.122 e. The minimum Gasteiger partial charge on any atom is -0.496 e. The predicted octanol–water partition coefficient (Wildman–Crippen LogP) is 2.82. The van der Waals surface area contributed by atoms with Crippen LogP contribution in [0, 0.1) is 5.92 Å². The third-order valence-corrected chi connectivity index (χ3v) is 2.91. The summed E-state index contributed by atoms with van der Waals surface area (Å²) in [5, 5.41) is 0. The molecule has 1 aliphatic carbocycles. The second kappa shape index (κ2) is 3.41. The Morgan fingerprint density at radius 1 is 1.38 bits per heavy atom. The van der Waals surface area contributed by atoms with E-state index in [2.05, 4.69) is 25.1 Å². The van der Waals surface area contributed by atoms with Crippen LogP contribution in [0.5, 0.6) is 5.75 Å². The van der Waals surface area contributed by atoms with Crippen LogP contribution in [0.1, 0.15) is 24.5 Å². The van der Waals surface area contributed by atoms with E-state index < -0.39 is 0 Å². The van der Waals surface area contributed by atoms with Crippen molar-refractivity contribution in [1.82, 2.24) is 0 Å². The van der Waals surface area contributed by atoms with E-state index in [0.29, 0.717) is 0 Å². The maximum atomic E-state index is 5.35. The van der Waals surface area contributed by atoms with Crippen molar-refractivity contribution in [2.45, 2.75) is 26.2 Å². The maximum Gasteiger partial charge on any atom is 0.122 e. The molecule has 1 aromatic rings. The molecule has 0 bridgehead atoms. The van der Waals surface area contributed by atoms with Gasteiger partial charge in [0.1, 0.15) is 5.75 Å². The van der Waals surface area contributed by atoms with Gasteiger partial charge in [0.25, 0.3) is 0 Å². The van der Waals surface area contributed by atoms with Gasteiger partial charge in [0.05, 0.1) is 7.11 Å². The third kappa shape index (κ3) is 1.55. The van der Waals surface area contributed by atoms with E-state index in [1.807, 2.05) is 0 Å². The summed E-state index contributed by atoms with van der Waals surface area (Å²) in [6, 6.07) is 6.39. The summed E-state index contributed by atoms with van der Waals surface area (Å²) in [5.41, 5.74) is 2.92. The molecule has 0 aromatic heterocycles. The van der Waals surface area contributed by atoms with Crippen LogP contribution in [0.25, 0.3) is 0 Å².